The summed E-state index contributed by atoms with van der Waals surface area (Å²) < 4.78 is 5.10. The van der Waals surface area contributed by atoms with Gasteiger partial charge in [0.05, 0.1) is 18.7 Å². The van der Waals surface area contributed by atoms with E-state index in [1.165, 1.54) is 4.90 Å². The summed E-state index contributed by atoms with van der Waals surface area (Å²) in [6.07, 6.45) is 0.853. The third-order valence-corrected chi connectivity index (χ3v) is 1.91. The zero-order chi connectivity index (χ0) is 9.68. The molecule has 1 saturated heterocycles. The van der Waals surface area contributed by atoms with Gasteiger partial charge in [0.15, 0.2) is 0 Å². The first-order valence-electron chi connectivity index (χ1n) is 4.20. The standard InChI is InChI=1S/C8H13N3O2/c1-11(4-3-9)8(12)10-7-2-5-13-6-7/h7H,2,4-6H2,1H3,(H,10,12). The Bertz CT molecular complexity index is 218. The SMILES string of the molecule is CN(CC#N)C(=O)NC1CCOC1. The Labute approximate surface area is 77.3 Å². The van der Waals surface area contributed by atoms with Gasteiger partial charge in [0, 0.05) is 13.7 Å². The lowest BCUT2D eigenvalue weighted by Crippen LogP contribution is -2.43. The van der Waals surface area contributed by atoms with Crippen LogP contribution < -0.4 is 5.32 Å². The molecule has 1 heterocycles. The van der Waals surface area contributed by atoms with Gasteiger partial charge in [-0.1, -0.05) is 0 Å². The zero-order valence-corrected chi connectivity index (χ0v) is 7.62. The molecule has 0 spiro atoms. The van der Waals surface area contributed by atoms with Crippen molar-refractivity contribution in [3.05, 3.63) is 0 Å². The summed E-state index contributed by atoms with van der Waals surface area (Å²) in [5.41, 5.74) is 0. The smallest absolute Gasteiger partial charge is 0.318 e. The van der Waals surface area contributed by atoms with Crippen molar-refractivity contribution in [2.75, 3.05) is 26.8 Å². The van der Waals surface area contributed by atoms with Crippen LogP contribution in [0.15, 0.2) is 0 Å². The van der Waals surface area contributed by atoms with E-state index in [1.807, 2.05) is 6.07 Å². The average Bonchev–Trinajstić information content (AvgIpc) is 2.57. The van der Waals surface area contributed by atoms with E-state index in [9.17, 15) is 4.79 Å². The van der Waals surface area contributed by atoms with Crippen LogP contribution in [0.1, 0.15) is 6.42 Å². The zero-order valence-electron chi connectivity index (χ0n) is 7.62. The summed E-state index contributed by atoms with van der Waals surface area (Å²) in [7, 11) is 1.59. The predicted molar refractivity (Wildman–Crippen MR) is 46.0 cm³/mol. The minimum absolute atomic E-state index is 0.105. The van der Waals surface area contributed by atoms with Crippen molar-refractivity contribution in [3.8, 4) is 6.07 Å². The average molecular weight is 183 g/mol. The number of nitriles is 1. The molecule has 0 aromatic carbocycles. The van der Waals surface area contributed by atoms with Gasteiger partial charge in [0.1, 0.15) is 6.54 Å². The molecule has 0 bridgehead atoms. The summed E-state index contributed by atoms with van der Waals surface area (Å²) in [5, 5.41) is 11.1. The number of ether oxygens (including phenoxy) is 1. The molecule has 13 heavy (non-hydrogen) atoms. The third kappa shape index (κ3) is 2.92. The van der Waals surface area contributed by atoms with Gasteiger partial charge in [-0.25, -0.2) is 4.79 Å². The highest BCUT2D eigenvalue weighted by atomic mass is 16.5. The molecule has 1 rings (SSSR count). The number of carbonyl (C=O) groups is 1. The molecule has 1 atom stereocenters. The predicted octanol–water partition coefficient (Wildman–Crippen LogP) is -0.0597. The maximum atomic E-state index is 11.3. The molecule has 0 aromatic heterocycles. The number of rotatable bonds is 2. The molecular weight excluding hydrogens is 170 g/mol. The van der Waals surface area contributed by atoms with Crippen LogP contribution in [0, 0.1) is 11.3 Å². The highest BCUT2D eigenvalue weighted by Crippen LogP contribution is 2.03. The molecule has 5 nitrogen and oxygen atoms in total. The van der Waals surface area contributed by atoms with Crippen LogP contribution in [0.4, 0.5) is 4.79 Å². The number of hydrogen-bond donors (Lipinski definition) is 1. The summed E-state index contributed by atoms with van der Waals surface area (Å²) in [5.74, 6) is 0. The fourth-order valence-electron chi connectivity index (χ4n) is 1.11. The number of amides is 2. The number of nitrogens with one attached hydrogen (secondary N) is 1. The van der Waals surface area contributed by atoms with Gasteiger partial charge in [-0.3, -0.25) is 0 Å². The second-order valence-electron chi connectivity index (χ2n) is 3.02. The second-order valence-corrected chi connectivity index (χ2v) is 3.02. The van der Waals surface area contributed by atoms with Crippen molar-refractivity contribution < 1.29 is 9.53 Å². The Morgan fingerprint density at radius 1 is 1.85 bits per heavy atom. The highest BCUT2D eigenvalue weighted by Gasteiger charge is 2.19. The molecule has 5 heteroatoms. The van der Waals surface area contributed by atoms with Gasteiger partial charge in [-0.2, -0.15) is 5.26 Å². The molecular formula is C8H13N3O2. The van der Waals surface area contributed by atoms with Crippen molar-refractivity contribution in [2.45, 2.75) is 12.5 Å². The topological polar surface area (TPSA) is 65.4 Å². The molecule has 0 aromatic rings. The summed E-state index contributed by atoms with van der Waals surface area (Å²) in [6.45, 7) is 1.39. The number of hydrogen-bond acceptors (Lipinski definition) is 3. The Morgan fingerprint density at radius 3 is 3.15 bits per heavy atom. The number of carbonyl (C=O) groups excluding carboxylic acids is 1. The van der Waals surface area contributed by atoms with Gasteiger partial charge >= 0.3 is 6.03 Å². The lowest BCUT2D eigenvalue weighted by atomic mass is 10.3. The van der Waals surface area contributed by atoms with Gasteiger partial charge in [-0.15, -0.1) is 0 Å². The van der Waals surface area contributed by atoms with Crippen LogP contribution in [0.5, 0.6) is 0 Å². The maximum Gasteiger partial charge on any atom is 0.318 e. The van der Waals surface area contributed by atoms with Gasteiger partial charge in [-0.05, 0) is 6.42 Å². The maximum absolute atomic E-state index is 11.3. The number of urea groups is 1. The van der Waals surface area contributed by atoms with Crippen LogP contribution in [0.25, 0.3) is 0 Å². The Balaban J connectivity index is 2.27. The van der Waals surface area contributed by atoms with Crippen LogP contribution in [-0.4, -0.2) is 43.8 Å². The van der Waals surface area contributed by atoms with E-state index in [4.69, 9.17) is 10.00 Å². The van der Waals surface area contributed by atoms with Crippen molar-refractivity contribution in [2.24, 2.45) is 0 Å². The van der Waals surface area contributed by atoms with Crippen molar-refractivity contribution in [1.82, 2.24) is 10.2 Å². The first kappa shape index (κ1) is 9.81. The van der Waals surface area contributed by atoms with E-state index in [2.05, 4.69) is 5.32 Å². The van der Waals surface area contributed by atoms with Crippen LogP contribution in [0.3, 0.4) is 0 Å². The monoisotopic (exact) mass is 183 g/mol. The van der Waals surface area contributed by atoms with Crippen molar-refractivity contribution >= 4 is 6.03 Å². The third-order valence-electron chi connectivity index (χ3n) is 1.91. The normalized spacial score (nSPS) is 20.8. The minimum atomic E-state index is -0.211. The highest BCUT2D eigenvalue weighted by molar-refractivity contribution is 5.74. The molecule has 1 unspecified atom stereocenters. The largest absolute Gasteiger partial charge is 0.379 e. The van der Waals surface area contributed by atoms with E-state index >= 15 is 0 Å². The molecule has 1 aliphatic rings. The fraction of sp³-hybridized carbons (Fsp3) is 0.750. The van der Waals surface area contributed by atoms with Crippen molar-refractivity contribution in [3.63, 3.8) is 0 Å². The molecule has 2 amide bonds. The van der Waals surface area contributed by atoms with E-state index in [0.717, 1.165) is 6.42 Å². The minimum Gasteiger partial charge on any atom is -0.379 e. The molecule has 1 fully saturated rings. The van der Waals surface area contributed by atoms with Crippen LogP contribution >= 0.6 is 0 Å². The molecule has 0 saturated carbocycles. The Kier molecular flexibility index (Phi) is 3.53. The first-order valence-corrected chi connectivity index (χ1v) is 4.20. The molecule has 0 radical (unpaired) electrons. The molecule has 1 N–H and O–H groups in total. The van der Waals surface area contributed by atoms with E-state index in [0.29, 0.717) is 13.2 Å². The second kappa shape index (κ2) is 4.67. The van der Waals surface area contributed by atoms with Crippen LogP contribution in [0.2, 0.25) is 0 Å². The molecule has 72 valence electrons. The summed E-state index contributed by atoms with van der Waals surface area (Å²) >= 11 is 0. The summed E-state index contributed by atoms with van der Waals surface area (Å²) in [4.78, 5) is 12.6. The lowest BCUT2D eigenvalue weighted by molar-refractivity contribution is 0.183. The van der Waals surface area contributed by atoms with Gasteiger partial charge in [0.25, 0.3) is 0 Å². The Hall–Kier alpha value is -1.28. The number of nitrogens with zero attached hydrogens (tertiary/aromatic N) is 2. The van der Waals surface area contributed by atoms with Crippen LogP contribution in [-0.2, 0) is 4.74 Å². The molecule has 0 aliphatic carbocycles. The lowest BCUT2D eigenvalue weighted by Gasteiger charge is -2.17. The first-order chi connectivity index (χ1) is 6.24. The van der Waals surface area contributed by atoms with E-state index < -0.39 is 0 Å². The molecule has 1 aliphatic heterocycles. The van der Waals surface area contributed by atoms with Crippen molar-refractivity contribution in [1.29, 1.82) is 5.26 Å². The van der Waals surface area contributed by atoms with E-state index in [-0.39, 0.29) is 18.6 Å². The quantitative estimate of drug-likeness (QED) is 0.610. The van der Waals surface area contributed by atoms with Gasteiger partial charge < -0.3 is 15.0 Å². The fourth-order valence-corrected chi connectivity index (χ4v) is 1.11. The van der Waals surface area contributed by atoms with Gasteiger partial charge in [0.2, 0.25) is 0 Å². The Morgan fingerprint density at radius 2 is 2.62 bits per heavy atom. The summed E-state index contributed by atoms with van der Waals surface area (Å²) in [6, 6.07) is 1.80. The van der Waals surface area contributed by atoms with E-state index in [1.54, 1.807) is 7.05 Å².